The normalized spacial score (nSPS) is 18.9. The van der Waals surface area contributed by atoms with Crippen LogP contribution < -0.4 is 4.74 Å². The summed E-state index contributed by atoms with van der Waals surface area (Å²) in [7, 11) is 0. The fourth-order valence-corrected chi connectivity index (χ4v) is 3.26. The van der Waals surface area contributed by atoms with Crippen LogP contribution in [0.2, 0.25) is 0 Å². The van der Waals surface area contributed by atoms with Crippen LogP contribution in [0.4, 0.5) is 10.5 Å². The molecule has 7 heteroatoms. The minimum atomic E-state index is -0.791. The fraction of sp³-hybridized carbons (Fsp3) is 0.211. The molecule has 1 N–H and O–H groups in total. The predicted molar refractivity (Wildman–Crippen MR) is 94.3 cm³/mol. The van der Waals surface area contributed by atoms with Gasteiger partial charge in [0.15, 0.2) is 0 Å². The van der Waals surface area contributed by atoms with Crippen LogP contribution in [0.25, 0.3) is 10.9 Å². The van der Waals surface area contributed by atoms with Crippen molar-refractivity contribution in [1.29, 1.82) is 0 Å². The number of hydrogen-bond acceptors (Lipinski definition) is 5. The van der Waals surface area contributed by atoms with E-state index in [1.807, 2.05) is 18.3 Å². The molecule has 1 aliphatic carbocycles. The number of aromatic amines is 1. The average molecular weight is 352 g/mol. The third-order valence-electron chi connectivity index (χ3n) is 4.67. The van der Waals surface area contributed by atoms with E-state index in [0.29, 0.717) is 5.92 Å². The highest BCUT2D eigenvalue weighted by Gasteiger charge is 2.34. The molecule has 3 aromatic rings. The molecule has 0 atom stereocenters. The van der Waals surface area contributed by atoms with E-state index in [9.17, 15) is 14.9 Å². The van der Waals surface area contributed by atoms with Crippen LogP contribution in [-0.2, 0) is 4.74 Å². The van der Waals surface area contributed by atoms with Crippen molar-refractivity contribution in [2.45, 2.75) is 24.9 Å². The Balaban J connectivity index is 1.31. The number of para-hydroxylation sites is 1. The van der Waals surface area contributed by atoms with Crippen molar-refractivity contribution in [3.8, 4) is 5.75 Å². The van der Waals surface area contributed by atoms with Gasteiger partial charge in [-0.1, -0.05) is 18.2 Å². The Hall–Kier alpha value is -3.35. The van der Waals surface area contributed by atoms with Gasteiger partial charge in [0.05, 0.1) is 4.92 Å². The van der Waals surface area contributed by atoms with E-state index in [2.05, 4.69) is 17.1 Å². The summed E-state index contributed by atoms with van der Waals surface area (Å²) in [4.78, 5) is 25.2. The third-order valence-corrected chi connectivity index (χ3v) is 4.67. The van der Waals surface area contributed by atoms with E-state index in [-0.39, 0.29) is 17.5 Å². The van der Waals surface area contributed by atoms with Gasteiger partial charge in [-0.15, -0.1) is 0 Å². The quantitative estimate of drug-likeness (QED) is 0.322. The number of carbonyl (C=O) groups excluding carboxylic acids is 1. The van der Waals surface area contributed by atoms with E-state index in [0.717, 1.165) is 18.4 Å². The summed E-state index contributed by atoms with van der Waals surface area (Å²) in [5.74, 6) is 0.558. The van der Waals surface area contributed by atoms with Crippen molar-refractivity contribution in [3.05, 3.63) is 70.4 Å². The number of nitrogens with one attached hydrogen (secondary N) is 1. The summed E-state index contributed by atoms with van der Waals surface area (Å²) in [6, 6.07) is 13.5. The van der Waals surface area contributed by atoms with Crippen LogP contribution in [0.15, 0.2) is 54.7 Å². The summed E-state index contributed by atoms with van der Waals surface area (Å²) in [6.07, 6.45) is 2.43. The van der Waals surface area contributed by atoms with Gasteiger partial charge in [0.25, 0.3) is 5.69 Å². The average Bonchev–Trinajstić information content (AvgIpc) is 3.07. The summed E-state index contributed by atoms with van der Waals surface area (Å²) < 4.78 is 10.4. The largest absolute Gasteiger partial charge is 0.514 e. The minimum Gasteiger partial charge on any atom is -0.431 e. The van der Waals surface area contributed by atoms with Gasteiger partial charge in [0.2, 0.25) is 0 Å². The van der Waals surface area contributed by atoms with Crippen LogP contribution in [0.1, 0.15) is 24.3 Å². The predicted octanol–water partition coefficient (Wildman–Crippen LogP) is 4.54. The molecule has 1 fully saturated rings. The summed E-state index contributed by atoms with van der Waals surface area (Å²) in [5, 5.41) is 11.8. The highest BCUT2D eigenvalue weighted by Crippen LogP contribution is 2.41. The highest BCUT2D eigenvalue weighted by atomic mass is 16.7. The Morgan fingerprint density at radius 2 is 1.88 bits per heavy atom. The first kappa shape index (κ1) is 16.1. The van der Waals surface area contributed by atoms with E-state index in [1.165, 1.54) is 35.2 Å². The van der Waals surface area contributed by atoms with Crippen molar-refractivity contribution >= 4 is 22.7 Å². The monoisotopic (exact) mass is 352 g/mol. The number of fused-ring (bicyclic) bond motifs is 1. The Morgan fingerprint density at radius 3 is 2.62 bits per heavy atom. The molecule has 0 radical (unpaired) electrons. The second-order valence-corrected chi connectivity index (χ2v) is 6.30. The summed E-state index contributed by atoms with van der Waals surface area (Å²) in [5.41, 5.74) is 2.30. The molecule has 26 heavy (non-hydrogen) atoms. The molecule has 0 saturated heterocycles. The second kappa shape index (κ2) is 6.51. The van der Waals surface area contributed by atoms with Gasteiger partial charge in [-0.05, 0) is 47.9 Å². The van der Waals surface area contributed by atoms with Crippen LogP contribution in [0.5, 0.6) is 5.75 Å². The van der Waals surface area contributed by atoms with Crippen LogP contribution in [-0.4, -0.2) is 22.2 Å². The molecule has 7 nitrogen and oxygen atoms in total. The SMILES string of the molecule is O=C(Oc1ccc([N+](=O)[O-])cc1)OC1CC(c2cccc3cc[nH]c23)C1. The van der Waals surface area contributed by atoms with Crippen LogP contribution in [0, 0.1) is 10.1 Å². The Kier molecular flexibility index (Phi) is 4.04. The van der Waals surface area contributed by atoms with E-state index < -0.39 is 11.1 Å². The highest BCUT2D eigenvalue weighted by molar-refractivity contribution is 5.83. The topological polar surface area (TPSA) is 94.5 Å². The van der Waals surface area contributed by atoms with E-state index in [4.69, 9.17) is 9.47 Å². The van der Waals surface area contributed by atoms with E-state index >= 15 is 0 Å². The zero-order valence-electron chi connectivity index (χ0n) is 13.8. The fourth-order valence-electron chi connectivity index (χ4n) is 3.26. The number of nitro benzene ring substituents is 1. The van der Waals surface area contributed by atoms with Gasteiger partial charge in [0.1, 0.15) is 11.9 Å². The standard InChI is InChI=1S/C19H16N2O5/c22-19(25-15-6-4-14(5-7-15)21(23)24)26-16-10-13(11-16)17-3-1-2-12-8-9-20-18(12)17/h1-9,13,16,20H,10-11H2. The van der Waals surface area contributed by atoms with Gasteiger partial charge >= 0.3 is 6.16 Å². The molecule has 4 rings (SSSR count). The number of hydrogen-bond donors (Lipinski definition) is 1. The lowest BCUT2D eigenvalue weighted by Gasteiger charge is -2.34. The van der Waals surface area contributed by atoms with Crippen molar-refractivity contribution in [1.82, 2.24) is 4.98 Å². The number of nitrogens with zero attached hydrogens (tertiary/aromatic N) is 1. The Labute approximate surface area is 148 Å². The number of carbonyl (C=O) groups is 1. The molecular formula is C19H16N2O5. The molecule has 132 valence electrons. The molecule has 2 aromatic carbocycles. The Morgan fingerprint density at radius 1 is 1.12 bits per heavy atom. The van der Waals surface area contributed by atoms with Crippen molar-refractivity contribution in [2.75, 3.05) is 0 Å². The van der Waals surface area contributed by atoms with E-state index in [1.54, 1.807) is 0 Å². The maximum atomic E-state index is 11.9. The first-order valence-corrected chi connectivity index (χ1v) is 8.29. The van der Waals surface area contributed by atoms with Crippen molar-refractivity contribution in [3.63, 3.8) is 0 Å². The first-order chi connectivity index (χ1) is 12.6. The summed E-state index contributed by atoms with van der Waals surface area (Å²) >= 11 is 0. The molecular weight excluding hydrogens is 336 g/mol. The first-order valence-electron chi connectivity index (χ1n) is 8.29. The Bertz CT molecular complexity index is 957. The maximum absolute atomic E-state index is 11.9. The second-order valence-electron chi connectivity index (χ2n) is 6.30. The van der Waals surface area contributed by atoms with Crippen molar-refractivity contribution in [2.24, 2.45) is 0 Å². The molecule has 1 heterocycles. The summed E-state index contributed by atoms with van der Waals surface area (Å²) in [6.45, 7) is 0. The lowest BCUT2D eigenvalue weighted by Crippen LogP contribution is -2.33. The molecule has 0 bridgehead atoms. The smallest absolute Gasteiger partial charge is 0.431 e. The molecule has 0 spiro atoms. The molecule has 0 aliphatic heterocycles. The third kappa shape index (κ3) is 3.11. The number of rotatable bonds is 4. The van der Waals surface area contributed by atoms with Gasteiger partial charge in [-0.3, -0.25) is 10.1 Å². The van der Waals surface area contributed by atoms with Crippen LogP contribution >= 0.6 is 0 Å². The number of benzene rings is 2. The lowest BCUT2D eigenvalue weighted by molar-refractivity contribution is -0.384. The molecule has 0 unspecified atom stereocenters. The molecule has 1 aliphatic rings. The van der Waals surface area contributed by atoms with Crippen molar-refractivity contribution < 1.29 is 19.2 Å². The lowest BCUT2D eigenvalue weighted by atomic mass is 9.77. The zero-order chi connectivity index (χ0) is 18.1. The zero-order valence-corrected chi connectivity index (χ0v) is 13.8. The molecule has 0 amide bonds. The minimum absolute atomic E-state index is 0.0638. The van der Waals surface area contributed by atoms with Gasteiger partial charge in [-0.25, -0.2) is 4.79 Å². The maximum Gasteiger partial charge on any atom is 0.514 e. The number of nitro groups is 1. The van der Waals surface area contributed by atoms with Gasteiger partial charge in [-0.2, -0.15) is 0 Å². The van der Waals surface area contributed by atoms with Gasteiger partial charge < -0.3 is 14.5 Å². The number of aromatic nitrogens is 1. The number of ether oxygens (including phenoxy) is 2. The number of H-pyrrole nitrogens is 1. The molecule has 1 saturated carbocycles. The van der Waals surface area contributed by atoms with Crippen LogP contribution in [0.3, 0.4) is 0 Å². The van der Waals surface area contributed by atoms with Gasteiger partial charge in [0, 0.05) is 23.8 Å². The number of non-ortho nitro benzene ring substituents is 1. The molecule has 1 aromatic heterocycles.